The maximum atomic E-state index is 12.0. The molecule has 0 saturated carbocycles. The number of aliphatic imine (C=N–C) groups is 1. The van der Waals surface area contributed by atoms with Crippen LogP contribution in [0, 0.1) is 0 Å². The van der Waals surface area contributed by atoms with Crippen LogP contribution < -0.4 is 10.6 Å². The fraction of sp³-hybridized carbons (Fsp3) is 0.308. The van der Waals surface area contributed by atoms with E-state index in [-0.39, 0.29) is 5.97 Å². The quantitative estimate of drug-likeness (QED) is 0.336. The molecular formula is C26H27N5O2. The van der Waals surface area contributed by atoms with Crippen molar-refractivity contribution in [2.45, 2.75) is 25.7 Å². The van der Waals surface area contributed by atoms with Crippen molar-refractivity contribution in [3.05, 3.63) is 76.7 Å². The summed E-state index contributed by atoms with van der Waals surface area (Å²) in [5.74, 6) is 2.39. The number of carbonyl (C=O) groups is 1. The van der Waals surface area contributed by atoms with Crippen molar-refractivity contribution in [1.82, 2.24) is 15.3 Å². The van der Waals surface area contributed by atoms with Crippen LogP contribution in [0.15, 0.2) is 53.5 Å². The summed E-state index contributed by atoms with van der Waals surface area (Å²) in [5, 5.41) is 6.94. The van der Waals surface area contributed by atoms with Crippen molar-refractivity contribution < 1.29 is 9.53 Å². The van der Waals surface area contributed by atoms with Crippen LogP contribution in [-0.4, -0.2) is 48.5 Å². The molecule has 2 N–H and O–H groups in total. The van der Waals surface area contributed by atoms with E-state index in [2.05, 4.69) is 27.8 Å². The molecule has 0 spiro atoms. The van der Waals surface area contributed by atoms with Crippen LogP contribution in [-0.2, 0) is 17.6 Å². The maximum absolute atomic E-state index is 12.0. The summed E-state index contributed by atoms with van der Waals surface area (Å²) in [6.07, 6.45) is 3.49. The molecule has 33 heavy (non-hydrogen) atoms. The van der Waals surface area contributed by atoms with Gasteiger partial charge in [0, 0.05) is 44.5 Å². The lowest BCUT2D eigenvalue weighted by Crippen LogP contribution is -2.27. The van der Waals surface area contributed by atoms with Crippen molar-refractivity contribution in [2.75, 3.05) is 32.1 Å². The molecule has 7 nitrogen and oxygen atoms in total. The molecule has 0 saturated heterocycles. The molecule has 0 bridgehead atoms. The van der Waals surface area contributed by atoms with Crippen LogP contribution in [0.1, 0.15) is 45.8 Å². The number of rotatable bonds is 7. The number of amidine groups is 1. The molecule has 0 atom stereocenters. The molecule has 0 unspecified atom stereocenters. The van der Waals surface area contributed by atoms with Crippen LogP contribution in [0.5, 0.6) is 0 Å². The van der Waals surface area contributed by atoms with Crippen LogP contribution in [0.3, 0.4) is 0 Å². The lowest BCUT2D eigenvalue weighted by atomic mass is 10.0. The minimum absolute atomic E-state index is 0.330. The second kappa shape index (κ2) is 9.40. The number of anilines is 1. The van der Waals surface area contributed by atoms with Gasteiger partial charge in [0.1, 0.15) is 11.6 Å². The first kappa shape index (κ1) is 21.1. The molecule has 1 aliphatic heterocycles. The number of methoxy groups -OCH3 is 1. The molecule has 7 heteroatoms. The van der Waals surface area contributed by atoms with Gasteiger partial charge in [-0.15, -0.1) is 0 Å². The molecule has 0 fully saturated rings. The number of nitrogens with zero attached hydrogens (tertiary/aromatic N) is 3. The van der Waals surface area contributed by atoms with Crippen LogP contribution in [0.25, 0.3) is 11.1 Å². The Balaban J connectivity index is 1.42. The second-order valence-electron chi connectivity index (χ2n) is 8.30. The number of esters is 1. The van der Waals surface area contributed by atoms with Crippen LogP contribution in [0.4, 0.5) is 5.82 Å². The summed E-state index contributed by atoms with van der Waals surface area (Å²) in [7, 11) is 1.40. The van der Waals surface area contributed by atoms with E-state index in [1.54, 1.807) is 6.07 Å². The minimum atomic E-state index is -0.330. The van der Waals surface area contributed by atoms with Crippen molar-refractivity contribution in [3.63, 3.8) is 0 Å². The normalized spacial score (nSPS) is 13.8. The highest BCUT2D eigenvalue weighted by molar-refractivity contribution is 5.92. The number of hydrogen-bond acceptors (Lipinski definition) is 7. The first-order chi connectivity index (χ1) is 16.2. The van der Waals surface area contributed by atoms with Gasteiger partial charge in [-0.05, 0) is 35.2 Å². The zero-order valence-electron chi connectivity index (χ0n) is 18.7. The SMILES string of the molecule is COC(=O)c1ccc2c(c1)Cc1nc(Cc3ccccc3)nc(NCCNC3=NCCC3)c1-2. The molecule has 2 aromatic carbocycles. The Kier molecular flexibility index (Phi) is 6.02. The second-order valence-corrected chi connectivity index (χ2v) is 8.30. The Bertz CT molecular complexity index is 1210. The topological polar surface area (TPSA) is 88.5 Å². The Hall–Kier alpha value is -3.74. The van der Waals surface area contributed by atoms with E-state index >= 15 is 0 Å². The third-order valence-electron chi connectivity index (χ3n) is 6.01. The van der Waals surface area contributed by atoms with Gasteiger partial charge in [0.25, 0.3) is 0 Å². The number of carbonyl (C=O) groups excluding carboxylic acids is 1. The highest BCUT2D eigenvalue weighted by Gasteiger charge is 2.26. The van der Waals surface area contributed by atoms with Gasteiger partial charge in [-0.25, -0.2) is 14.8 Å². The fourth-order valence-electron chi connectivity index (χ4n) is 4.44. The third kappa shape index (κ3) is 4.58. The van der Waals surface area contributed by atoms with Crippen LogP contribution in [0.2, 0.25) is 0 Å². The Morgan fingerprint density at radius 1 is 1.06 bits per heavy atom. The smallest absolute Gasteiger partial charge is 0.337 e. The largest absolute Gasteiger partial charge is 0.465 e. The van der Waals surface area contributed by atoms with E-state index in [0.717, 1.165) is 72.3 Å². The zero-order valence-corrected chi connectivity index (χ0v) is 18.7. The molecular weight excluding hydrogens is 414 g/mol. The summed E-state index contributed by atoms with van der Waals surface area (Å²) < 4.78 is 4.89. The maximum Gasteiger partial charge on any atom is 0.337 e. The zero-order chi connectivity index (χ0) is 22.6. The number of nitrogens with one attached hydrogen (secondary N) is 2. The number of fused-ring (bicyclic) bond motifs is 3. The van der Waals surface area contributed by atoms with Gasteiger partial charge in [-0.2, -0.15) is 0 Å². The molecule has 3 aromatic rings. The standard InChI is InChI=1S/C26H27N5O2/c1-33-26(32)18-9-10-20-19(15-18)16-21-24(20)25(29-13-12-28-22-8-5-11-27-22)31-23(30-21)14-17-6-3-2-4-7-17/h2-4,6-7,9-10,15H,5,8,11-14,16H2,1H3,(H,27,28)(H,29,30,31). The van der Waals surface area contributed by atoms with Gasteiger partial charge in [-0.3, -0.25) is 4.99 Å². The predicted molar refractivity (Wildman–Crippen MR) is 129 cm³/mol. The van der Waals surface area contributed by atoms with E-state index in [4.69, 9.17) is 14.7 Å². The monoisotopic (exact) mass is 441 g/mol. The summed E-state index contributed by atoms with van der Waals surface area (Å²) in [4.78, 5) is 26.3. The average Bonchev–Trinajstić information content (AvgIpc) is 3.49. The molecule has 0 radical (unpaired) electrons. The lowest BCUT2D eigenvalue weighted by Gasteiger charge is -2.14. The van der Waals surface area contributed by atoms with E-state index in [1.807, 2.05) is 30.3 Å². The Morgan fingerprint density at radius 3 is 2.70 bits per heavy atom. The molecule has 168 valence electrons. The number of hydrogen-bond donors (Lipinski definition) is 2. The molecule has 0 amide bonds. The number of aromatic nitrogens is 2. The van der Waals surface area contributed by atoms with Gasteiger partial charge in [0.15, 0.2) is 0 Å². The Labute approximate surface area is 193 Å². The fourth-order valence-corrected chi connectivity index (χ4v) is 4.44. The summed E-state index contributed by atoms with van der Waals surface area (Å²) in [6.45, 7) is 2.42. The molecule has 1 aromatic heterocycles. The molecule has 5 rings (SSSR count). The van der Waals surface area contributed by atoms with Crippen molar-refractivity contribution in [3.8, 4) is 11.1 Å². The van der Waals surface area contributed by atoms with E-state index in [1.165, 1.54) is 12.7 Å². The average molecular weight is 442 g/mol. The molecule has 2 heterocycles. The van der Waals surface area contributed by atoms with Crippen molar-refractivity contribution >= 4 is 17.6 Å². The third-order valence-corrected chi connectivity index (χ3v) is 6.01. The number of ether oxygens (including phenoxy) is 1. The first-order valence-electron chi connectivity index (χ1n) is 11.4. The summed E-state index contributed by atoms with van der Waals surface area (Å²) >= 11 is 0. The van der Waals surface area contributed by atoms with Gasteiger partial charge in [-0.1, -0.05) is 36.4 Å². The Morgan fingerprint density at radius 2 is 1.91 bits per heavy atom. The lowest BCUT2D eigenvalue weighted by molar-refractivity contribution is 0.0600. The van der Waals surface area contributed by atoms with Crippen molar-refractivity contribution in [2.24, 2.45) is 4.99 Å². The van der Waals surface area contributed by atoms with E-state index in [0.29, 0.717) is 18.4 Å². The summed E-state index contributed by atoms with van der Waals surface area (Å²) in [5.41, 5.74) is 5.88. The van der Waals surface area contributed by atoms with E-state index < -0.39 is 0 Å². The van der Waals surface area contributed by atoms with Crippen molar-refractivity contribution in [1.29, 1.82) is 0 Å². The van der Waals surface area contributed by atoms with Gasteiger partial charge < -0.3 is 15.4 Å². The van der Waals surface area contributed by atoms with Gasteiger partial charge in [0.05, 0.1) is 24.2 Å². The number of benzene rings is 2. The highest BCUT2D eigenvalue weighted by Crippen LogP contribution is 2.40. The molecule has 1 aliphatic carbocycles. The first-order valence-corrected chi connectivity index (χ1v) is 11.4. The molecule has 2 aliphatic rings. The highest BCUT2D eigenvalue weighted by atomic mass is 16.5. The summed E-state index contributed by atoms with van der Waals surface area (Å²) in [6, 6.07) is 15.9. The van der Waals surface area contributed by atoms with Gasteiger partial charge >= 0.3 is 5.97 Å². The van der Waals surface area contributed by atoms with E-state index in [9.17, 15) is 4.79 Å². The van der Waals surface area contributed by atoms with Crippen LogP contribution >= 0.6 is 0 Å². The predicted octanol–water partition coefficient (Wildman–Crippen LogP) is 3.62. The van der Waals surface area contributed by atoms with Gasteiger partial charge in [0.2, 0.25) is 0 Å². The minimum Gasteiger partial charge on any atom is -0.465 e.